The first-order chi connectivity index (χ1) is 7.22. The molecule has 1 aromatic heterocycles. The lowest BCUT2D eigenvalue weighted by Crippen LogP contribution is -2.35. The van der Waals surface area contributed by atoms with Gasteiger partial charge in [0.15, 0.2) is 0 Å². The smallest absolute Gasteiger partial charge is 0.220 e. The molecular weight excluding hydrogens is 210 g/mol. The van der Waals surface area contributed by atoms with Crippen LogP contribution in [-0.4, -0.2) is 25.7 Å². The van der Waals surface area contributed by atoms with Crippen LogP contribution in [0, 0.1) is 0 Å². The molecule has 1 rings (SSSR count). The predicted octanol–water partition coefficient (Wildman–Crippen LogP) is 1.83. The average molecular weight is 227 g/mol. The van der Waals surface area contributed by atoms with Gasteiger partial charge < -0.3 is 10.1 Å². The second-order valence-electron chi connectivity index (χ2n) is 3.56. The molecule has 0 radical (unpaired) electrons. The molecule has 1 atom stereocenters. The van der Waals surface area contributed by atoms with E-state index in [1.807, 2.05) is 12.3 Å². The molecule has 0 unspecified atom stereocenters. The van der Waals surface area contributed by atoms with Gasteiger partial charge in [-0.2, -0.15) is 11.3 Å². The summed E-state index contributed by atoms with van der Waals surface area (Å²) in [5.74, 6) is 0.0887. The van der Waals surface area contributed by atoms with Crippen LogP contribution in [0.25, 0.3) is 0 Å². The van der Waals surface area contributed by atoms with E-state index in [1.54, 1.807) is 18.4 Å². The van der Waals surface area contributed by atoms with Crippen LogP contribution in [0.2, 0.25) is 0 Å². The summed E-state index contributed by atoms with van der Waals surface area (Å²) in [6, 6.07) is 2.14. The van der Waals surface area contributed by atoms with E-state index in [9.17, 15) is 4.79 Å². The normalized spacial score (nSPS) is 12.4. The maximum absolute atomic E-state index is 11.5. The Labute approximate surface area is 94.5 Å². The quantitative estimate of drug-likeness (QED) is 0.805. The molecule has 0 bridgehead atoms. The second kappa shape index (κ2) is 6.58. The third-order valence-corrected chi connectivity index (χ3v) is 2.78. The van der Waals surface area contributed by atoms with E-state index in [0.29, 0.717) is 13.0 Å². The van der Waals surface area contributed by atoms with Crippen molar-refractivity contribution in [3.63, 3.8) is 0 Å². The summed E-state index contributed by atoms with van der Waals surface area (Å²) in [4.78, 5) is 11.5. The van der Waals surface area contributed by atoms with Gasteiger partial charge in [-0.05, 0) is 35.7 Å². The number of aryl methyl sites for hydroxylation is 1. The highest BCUT2D eigenvalue weighted by molar-refractivity contribution is 7.07. The van der Waals surface area contributed by atoms with Crippen molar-refractivity contribution in [2.75, 3.05) is 13.7 Å². The largest absolute Gasteiger partial charge is 0.383 e. The van der Waals surface area contributed by atoms with Crippen molar-refractivity contribution in [2.24, 2.45) is 0 Å². The number of hydrogen-bond acceptors (Lipinski definition) is 3. The van der Waals surface area contributed by atoms with Crippen molar-refractivity contribution >= 4 is 17.2 Å². The van der Waals surface area contributed by atoms with E-state index < -0.39 is 0 Å². The van der Waals surface area contributed by atoms with Gasteiger partial charge in [-0.15, -0.1) is 0 Å². The molecule has 1 heterocycles. The van der Waals surface area contributed by atoms with Crippen LogP contribution in [-0.2, 0) is 16.0 Å². The summed E-state index contributed by atoms with van der Waals surface area (Å²) in [6.45, 7) is 2.50. The number of hydrogen-bond donors (Lipinski definition) is 1. The van der Waals surface area contributed by atoms with E-state index in [0.717, 1.165) is 6.42 Å². The molecule has 0 fully saturated rings. The highest BCUT2D eigenvalue weighted by Crippen LogP contribution is 2.08. The molecule has 0 saturated heterocycles. The van der Waals surface area contributed by atoms with Crippen molar-refractivity contribution in [1.82, 2.24) is 5.32 Å². The Morgan fingerprint density at radius 1 is 1.67 bits per heavy atom. The van der Waals surface area contributed by atoms with Crippen LogP contribution in [0.1, 0.15) is 18.9 Å². The molecule has 1 aromatic rings. The van der Waals surface area contributed by atoms with Crippen molar-refractivity contribution in [2.45, 2.75) is 25.8 Å². The Morgan fingerprint density at radius 2 is 2.47 bits per heavy atom. The number of methoxy groups -OCH3 is 1. The van der Waals surface area contributed by atoms with Crippen LogP contribution in [0.15, 0.2) is 16.8 Å². The molecule has 4 heteroatoms. The van der Waals surface area contributed by atoms with Crippen molar-refractivity contribution < 1.29 is 9.53 Å². The maximum atomic E-state index is 11.5. The van der Waals surface area contributed by atoms with E-state index in [4.69, 9.17) is 4.74 Å². The van der Waals surface area contributed by atoms with Crippen molar-refractivity contribution in [1.29, 1.82) is 0 Å². The summed E-state index contributed by atoms with van der Waals surface area (Å²) in [6.07, 6.45) is 1.36. The minimum atomic E-state index is 0.0879. The highest BCUT2D eigenvalue weighted by atomic mass is 32.1. The number of nitrogens with one attached hydrogen (secondary N) is 1. The second-order valence-corrected chi connectivity index (χ2v) is 4.34. The van der Waals surface area contributed by atoms with Gasteiger partial charge in [0.05, 0.1) is 6.61 Å². The summed E-state index contributed by atoms with van der Waals surface area (Å²) < 4.78 is 4.94. The Kier molecular flexibility index (Phi) is 5.36. The van der Waals surface area contributed by atoms with Gasteiger partial charge in [0, 0.05) is 19.6 Å². The third kappa shape index (κ3) is 4.95. The van der Waals surface area contributed by atoms with Crippen LogP contribution >= 0.6 is 11.3 Å². The van der Waals surface area contributed by atoms with Crippen molar-refractivity contribution in [3.8, 4) is 0 Å². The summed E-state index contributed by atoms with van der Waals surface area (Å²) >= 11 is 1.66. The minimum absolute atomic E-state index is 0.0879. The van der Waals surface area contributed by atoms with E-state index in [1.165, 1.54) is 5.56 Å². The molecule has 84 valence electrons. The fraction of sp³-hybridized carbons (Fsp3) is 0.545. The van der Waals surface area contributed by atoms with E-state index in [2.05, 4.69) is 16.8 Å². The molecule has 15 heavy (non-hydrogen) atoms. The zero-order valence-electron chi connectivity index (χ0n) is 9.16. The third-order valence-electron chi connectivity index (χ3n) is 2.04. The number of carbonyl (C=O) groups excluding carboxylic acids is 1. The molecule has 3 nitrogen and oxygen atoms in total. The lowest BCUT2D eigenvalue weighted by molar-refractivity contribution is -0.122. The van der Waals surface area contributed by atoms with Gasteiger partial charge in [-0.25, -0.2) is 0 Å². The standard InChI is InChI=1S/C11H17NO2S/c1-9(7-14-2)12-11(13)4-3-10-5-6-15-8-10/h5-6,8-9H,3-4,7H2,1-2H3,(H,12,13)/t9-/m1/s1. The van der Waals surface area contributed by atoms with Crippen LogP contribution in [0.4, 0.5) is 0 Å². The van der Waals surface area contributed by atoms with E-state index in [-0.39, 0.29) is 11.9 Å². The average Bonchev–Trinajstić information content (AvgIpc) is 2.67. The molecule has 0 aliphatic rings. The SMILES string of the molecule is COC[C@@H](C)NC(=O)CCc1ccsc1. The first kappa shape index (κ1) is 12.2. The minimum Gasteiger partial charge on any atom is -0.383 e. The molecular formula is C11H17NO2S. The Hall–Kier alpha value is -0.870. The van der Waals surface area contributed by atoms with Gasteiger partial charge >= 0.3 is 0 Å². The molecule has 0 saturated carbocycles. The number of thiophene rings is 1. The summed E-state index contributed by atoms with van der Waals surface area (Å²) in [7, 11) is 1.63. The van der Waals surface area contributed by atoms with Gasteiger partial charge in [-0.3, -0.25) is 4.79 Å². The molecule has 0 spiro atoms. The summed E-state index contributed by atoms with van der Waals surface area (Å²) in [5, 5.41) is 6.99. The van der Waals surface area contributed by atoms with Gasteiger partial charge in [0.1, 0.15) is 0 Å². The lowest BCUT2D eigenvalue weighted by atomic mass is 10.2. The number of carbonyl (C=O) groups is 1. The Morgan fingerprint density at radius 3 is 3.07 bits per heavy atom. The van der Waals surface area contributed by atoms with Crippen molar-refractivity contribution in [3.05, 3.63) is 22.4 Å². The fourth-order valence-corrected chi connectivity index (χ4v) is 2.03. The fourth-order valence-electron chi connectivity index (χ4n) is 1.33. The first-order valence-electron chi connectivity index (χ1n) is 5.01. The Balaban J connectivity index is 2.19. The van der Waals surface area contributed by atoms with Crippen LogP contribution in [0.5, 0.6) is 0 Å². The molecule has 0 aromatic carbocycles. The maximum Gasteiger partial charge on any atom is 0.220 e. The van der Waals surface area contributed by atoms with Crippen LogP contribution in [0.3, 0.4) is 0 Å². The van der Waals surface area contributed by atoms with Crippen LogP contribution < -0.4 is 5.32 Å². The molecule has 0 aliphatic heterocycles. The zero-order valence-corrected chi connectivity index (χ0v) is 9.97. The first-order valence-corrected chi connectivity index (χ1v) is 5.96. The zero-order chi connectivity index (χ0) is 11.1. The highest BCUT2D eigenvalue weighted by Gasteiger charge is 2.06. The number of amides is 1. The lowest BCUT2D eigenvalue weighted by Gasteiger charge is -2.12. The van der Waals surface area contributed by atoms with Gasteiger partial charge in [0.25, 0.3) is 0 Å². The van der Waals surface area contributed by atoms with Gasteiger partial charge in [0.2, 0.25) is 5.91 Å². The predicted molar refractivity (Wildman–Crippen MR) is 62.1 cm³/mol. The number of rotatable bonds is 6. The molecule has 0 aliphatic carbocycles. The Bertz CT molecular complexity index is 285. The topological polar surface area (TPSA) is 38.3 Å². The summed E-state index contributed by atoms with van der Waals surface area (Å²) in [5.41, 5.74) is 1.23. The molecule has 1 amide bonds. The van der Waals surface area contributed by atoms with E-state index >= 15 is 0 Å². The monoisotopic (exact) mass is 227 g/mol. The molecule has 1 N–H and O–H groups in total. The number of ether oxygens (including phenoxy) is 1. The van der Waals surface area contributed by atoms with Gasteiger partial charge in [-0.1, -0.05) is 0 Å².